The highest BCUT2D eigenvalue weighted by Gasteiger charge is 2.47. The largest absolute Gasteiger partial charge is 0.330 e. The summed E-state index contributed by atoms with van der Waals surface area (Å²) in [5.74, 6) is 0. The van der Waals surface area contributed by atoms with Gasteiger partial charge in [-0.05, 0) is 69.4 Å². The molecule has 1 unspecified atom stereocenters. The van der Waals surface area contributed by atoms with E-state index in [0.717, 1.165) is 74.5 Å². The summed E-state index contributed by atoms with van der Waals surface area (Å²) in [6.07, 6.45) is 12.1. The lowest BCUT2D eigenvalue weighted by atomic mass is 9.82. The van der Waals surface area contributed by atoms with E-state index in [1.54, 1.807) is 6.20 Å². The summed E-state index contributed by atoms with van der Waals surface area (Å²) in [6, 6.07) is 6.37. The fourth-order valence-electron chi connectivity index (χ4n) is 5.83. The molecule has 0 saturated carbocycles. The molecule has 8 heteroatoms. The van der Waals surface area contributed by atoms with Crippen LogP contribution in [0.1, 0.15) is 61.8 Å². The van der Waals surface area contributed by atoms with Crippen molar-refractivity contribution in [1.29, 1.82) is 0 Å². The van der Waals surface area contributed by atoms with Gasteiger partial charge in [0.25, 0.3) is 0 Å². The second-order valence-corrected chi connectivity index (χ2v) is 9.79. The summed E-state index contributed by atoms with van der Waals surface area (Å²) in [5.41, 5.74) is 6.72. The van der Waals surface area contributed by atoms with E-state index < -0.39 is 0 Å². The van der Waals surface area contributed by atoms with Crippen molar-refractivity contribution >= 4 is 12.1 Å². The third-order valence-corrected chi connectivity index (χ3v) is 7.75. The molecule has 2 amide bonds. The molecule has 1 N–H and O–H groups in total. The van der Waals surface area contributed by atoms with E-state index in [1.807, 2.05) is 28.8 Å². The molecular weight excluding hydrogens is 426 g/mol. The Morgan fingerprint density at radius 2 is 2.15 bits per heavy atom. The first-order valence-corrected chi connectivity index (χ1v) is 12.4. The highest BCUT2D eigenvalue weighted by atomic mass is 16.2. The van der Waals surface area contributed by atoms with Crippen molar-refractivity contribution < 1.29 is 4.79 Å². The van der Waals surface area contributed by atoms with E-state index in [4.69, 9.17) is 5.10 Å². The van der Waals surface area contributed by atoms with Gasteiger partial charge in [-0.25, -0.2) is 4.79 Å². The van der Waals surface area contributed by atoms with Crippen molar-refractivity contribution in [3.63, 3.8) is 0 Å². The van der Waals surface area contributed by atoms with E-state index in [-0.39, 0.29) is 17.5 Å². The van der Waals surface area contributed by atoms with Crippen LogP contribution in [0.5, 0.6) is 0 Å². The Morgan fingerprint density at radius 3 is 3.03 bits per heavy atom. The molecule has 5 heterocycles. The normalized spacial score (nSPS) is 21.6. The summed E-state index contributed by atoms with van der Waals surface area (Å²) in [6.45, 7) is 7.27. The van der Waals surface area contributed by atoms with Crippen LogP contribution in [-0.4, -0.2) is 48.6 Å². The number of amides is 2. The molecule has 6 rings (SSSR count). The lowest BCUT2D eigenvalue weighted by Gasteiger charge is -2.25. The molecule has 3 aliphatic rings. The number of allylic oxidation sites excluding steroid dienone is 1. The number of hydrogen-bond donors (Lipinski definition) is 1. The number of rotatable bonds is 4. The minimum atomic E-state index is -0.0847. The van der Waals surface area contributed by atoms with Gasteiger partial charge in [-0.3, -0.25) is 14.3 Å². The average Bonchev–Trinajstić information content (AvgIpc) is 3.64. The Balaban J connectivity index is 1.19. The molecule has 1 saturated heterocycles. The SMILES string of the molecule is CCn1nccc1[C@@H](C)NC(=O)N1CCC2(CCn3nc(-c4cnc5c(c4)CCC=C5)cc32)C1. The second kappa shape index (κ2) is 8.11. The fourth-order valence-corrected chi connectivity index (χ4v) is 5.83. The number of pyridine rings is 1. The molecule has 176 valence electrons. The van der Waals surface area contributed by atoms with Gasteiger partial charge < -0.3 is 10.2 Å². The van der Waals surface area contributed by atoms with Crippen LogP contribution in [0.15, 0.2) is 36.7 Å². The maximum absolute atomic E-state index is 13.1. The Labute approximate surface area is 199 Å². The van der Waals surface area contributed by atoms with E-state index in [1.165, 1.54) is 11.3 Å². The zero-order chi connectivity index (χ0) is 23.3. The van der Waals surface area contributed by atoms with Crippen molar-refractivity contribution in [2.75, 3.05) is 13.1 Å². The number of likely N-dealkylation sites (tertiary alicyclic amines) is 1. The zero-order valence-corrected chi connectivity index (χ0v) is 19.9. The van der Waals surface area contributed by atoms with Gasteiger partial charge in [0, 0.05) is 55.2 Å². The van der Waals surface area contributed by atoms with Crippen LogP contribution in [0.25, 0.3) is 17.3 Å². The van der Waals surface area contributed by atoms with E-state index >= 15 is 0 Å². The molecular formula is C26H31N7O. The van der Waals surface area contributed by atoms with Gasteiger partial charge in [-0.2, -0.15) is 10.2 Å². The van der Waals surface area contributed by atoms with E-state index in [9.17, 15) is 4.79 Å². The van der Waals surface area contributed by atoms with Crippen molar-refractivity contribution in [3.05, 3.63) is 59.3 Å². The molecule has 3 aromatic heterocycles. The van der Waals surface area contributed by atoms with Gasteiger partial charge in [0.15, 0.2) is 0 Å². The molecule has 34 heavy (non-hydrogen) atoms. The average molecular weight is 458 g/mol. The second-order valence-electron chi connectivity index (χ2n) is 9.79. The number of fused-ring (bicyclic) bond motifs is 3. The fraction of sp³-hybridized carbons (Fsp3) is 0.462. The molecule has 2 aliphatic heterocycles. The Kier molecular flexibility index (Phi) is 5.04. The number of carbonyl (C=O) groups is 1. The predicted molar refractivity (Wildman–Crippen MR) is 130 cm³/mol. The summed E-state index contributed by atoms with van der Waals surface area (Å²) in [7, 11) is 0. The molecule has 0 radical (unpaired) electrons. The highest BCUT2D eigenvalue weighted by molar-refractivity contribution is 5.75. The third kappa shape index (κ3) is 3.43. The molecule has 1 spiro atoms. The molecule has 0 aromatic carbocycles. The van der Waals surface area contributed by atoms with Crippen molar-refractivity contribution in [2.45, 2.75) is 64.1 Å². The smallest absolute Gasteiger partial charge is 0.317 e. The van der Waals surface area contributed by atoms with Gasteiger partial charge in [0.1, 0.15) is 0 Å². The van der Waals surface area contributed by atoms with Gasteiger partial charge >= 0.3 is 6.03 Å². The number of nitrogens with zero attached hydrogens (tertiary/aromatic N) is 6. The van der Waals surface area contributed by atoms with E-state index in [0.29, 0.717) is 0 Å². The molecule has 1 aliphatic carbocycles. The monoisotopic (exact) mass is 457 g/mol. The van der Waals surface area contributed by atoms with Crippen LogP contribution < -0.4 is 5.32 Å². The van der Waals surface area contributed by atoms with Crippen LogP contribution in [0.2, 0.25) is 0 Å². The van der Waals surface area contributed by atoms with Crippen molar-refractivity contribution in [1.82, 2.24) is 34.8 Å². The summed E-state index contributed by atoms with van der Waals surface area (Å²) >= 11 is 0. The van der Waals surface area contributed by atoms with Crippen LogP contribution >= 0.6 is 0 Å². The topological polar surface area (TPSA) is 80.9 Å². The standard InChI is InChI=1S/C26H31N7O/c1-3-32-23(8-11-28-32)18(2)29-25(34)31-12-9-26(17-31)10-13-33-24(26)15-22(30-33)20-14-19-6-4-5-7-21(19)27-16-20/h5,7-8,11,14-16,18H,3-4,6,9-10,12-13,17H2,1-2H3,(H,29,34)/t18-,26?/m1/s1. The minimum Gasteiger partial charge on any atom is -0.330 e. The Hall–Kier alpha value is -3.42. The molecule has 2 atom stereocenters. The van der Waals surface area contributed by atoms with Crippen LogP contribution in [0, 0.1) is 0 Å². The van der Waals surface area contributed by atoms with Gasteiger partial charge in [0.2, 0.25) is 0 Å². The number of nitrogens with one attached hydrogen (secondary N) is 1. The van der Waals surface area contributed by atoms with Crippen LogP contribution in [0.4, 0.5) is 4.79 Å². The minimum absolute atomic E-state index is 0.00152. The first kappa shape index (κ1) is 21.1. The first-order valence-electron chi connectivity index (χ1n) is 12.4. The van der Waals surface area contributed by atoms with E-state index in [2.05, 4.69) is 51.3 Å². The lowest BCUT2D eigenvalue weighted by molar-refractivity contribution is 0.201. The number of aromatic nitrogens is 5. The summed E-state index contributed by atoms with van der Waals surface area (Å²) in [5, 5.41) is 12.4. The molecule has 3 aromatic rings. The Morgan fingerprint density at radius 1 is 1.26 bits per heavy atom. The number of urea groups is 1. The van der Waals surface area contributed by atoms with Crippen molar-refractivity contribution in [3.8, 4) is 11.3 Å². The maximum atomic E-state index is 13.1. The third-order valence-electron chi connectivity index (χ3n) is 7.75. The number of carbonyl (C=O) groups excluding carboxylic acids is 1. The molecule has 0 bridgehead atoms. The van der Waals surface area contributed by atoms with Crippen LogP contribution in [0.3, 0.4) is 0 Å². The quantitative estimate of drug-likeness (QED) is 0.644. The zero-order valence-electron chi connectivity index (χ0n) is 19.9. The molecule has 8 nitrogen and oxygen atoms in total. The molecule has 1 fully saturated rings. The van der Waals surface area contributed by atoms with Gasteiger partial charge in [0.05, 0.1) is 23.1 Å². The number of aryl methyl sites for hydroxylation is 3. The summed E-state index contributed by atoms with van der Waals surface area (Å²) in [4.78, 5) is 19.7. The lowest BCUT2D eigenvalue weighted by Crippen LogP contribution is -2.41. The first-order chi connectivity index (χ1) is 16.6. The number of hydrogen-bond acceptors (Lipinski definition) is 4. The van der Waals surface area contributed by atoms with Gasteiger partial charge in [-0.15, -0.1) is 0 Å². The Bertz CT molecular complexity index is 1270. The maximum Gasteiger partial charge on any atom is 0.317 e. The van der Waals surface area contributed by atoms with Gasteiger partial charge in [-0.1, -0.05) is 6.08 Å². The predicted octanol–water partition coefficient (Wildman–Crippen LogP) is 3.94. The summed E-state index contributed by atoms with van der Waals surface area (Å²) < 4.78 is 4.08. The van der Waals surface area contributed by atoms with Crippen LogP contribution in [-0.2, 0) is 24.9 Å². The van der Waals surface area contributed by atoms with Crippen molar-refractivity contribution in [2.24, 2.45) is 0 Å². The highest BCUT2D eigenvalue weighted by Crippen LogP contribution is 2.44.